The third kappa shape index (κ3) is 4.18. The van der Waals surface area contributed by atoms with Crippen molar-refractivity contribution in [3.8, 4) is 0 Å². The summed E-state index contributed by atoms with van der Waals surface area (Å²) >= 11 is 0. The Morgan fingerprint density at radius 1 is 0.967 bits per heavy atom. The van der Waals surface area contributed by atoms with Crippen molar-refractivity contribution in [2.24, 2.45) is 0 Å². The van der Waals surface area contributed by atoms with E-state index < -0.39 is 0 Å². The van der Waals surface area contributed by atoms with E-state index in [1.165, 1.54) is 0 Å². The fraction of sp³-hybridized carbons (Fsp3) is 0.269. The molecule has 3 aromatic carbocycles. The van der Waals surface area contributed by atoms with Gasteiger partial charge in [0, 0.05) is 17.8 Å². The minimum absolute atomic E-state index is 0.0950. The molecule has 0 radical (unpaired) electrons. The average Bonchev–Trinajstić information content (AvgIpc) is 2.76. The third-order valence-electron chi connectivity index (χ3n) is 5.59. The molecular formula is C26H29N3O. The monoisotopic (exact) mass is 399 g/mol. The summed E-state index contributed by atoms with van der Waals surface area (Å²) < 4.78 is 0. The van der Waals surface area contributed by atoms with Crippen LogP contribution in [0.4, 0.5) is 17.1 Å². The van der Waals surface area contributed by atoms with E-state index in [1.54, 1.807) is 0 Å². The van der Waals surface area contributed by atoms with E-state index in [2.05, 4.69) is 48.3 Å². The Labute approximate surface area is 179 Å². The van der Waals surface area contributed by atoms with Gasteiger partial charge in [-0.3, -0.25) is 4.79 Å². The number of hydrogen-bond donors (Lipinski definition) is 1. The first kappa shape index (κ1) is 20.0. The largest absolute Gasteiger partial charge is 0.377 e. The zero-order valence-corrected chi connectivity index (χ0v) is 17.9. The molecule has 1 atom stereocenters. The second-order valence-electron chi connectivity index (χ2n) is 8.58. The molecule has 4 nitrogen and oxygen atoms in total. The smallest absolute Gasteiger partial charge is 0.249 e. The quantitative estimate of drug-likeness (QED) is 0.631. The summed E-state index contributed by atoms with van der Waals surface area (Å²) in [6.07, 6.45) is 0. The highest BCUT2D eigenvalue weighted by Crippen LogP contribution is 2.36. The Hall–Kier alpha value is -3.27. The normalized spacial score (nSPS) is 15.6. The maximum Gasteiger partial charge on any atom is 0.249 e. The van der Waals surface area contributed by atoms with Gasteiger partial charge in [-0.15, -0.1) is 0 Å². The average molecular weight is 400 g/mol. The van der Waals surface area contributed by atoms with Crippen molar-refractivity contribution >= 4 is 23.0 Å². The number of carbonyl (C=O) groups excluding carboxylic acids is 1. The van der Waals surface area contributed by atoms with Crippen LogP contribution in [0.1, 0.15) is 26.3 Å². The van der Waals surface area contributed by atoms with Crippen molar-refractivity contribution in [1.29, 1.82) is 0 Å². The molecule has 4 rings (SSSR count). The van der Waals surface area contributed by atoms with Gasteiger partial charge in [0.25, 0.3) is 0 Å². The molecule has 1 unspecified atom stereocenters. The summed E-state index contributed by atoms with van der Waals surface area (Å²) in [6, 6.07) is 28.0. The number of anilines is 3. The van der Waals surface area contributed by atoms with Gasteiger partial charge in [-0.2, -0.15) is 0 Å². The molecule has 1 aliphatic heterocycles. The number of para-hydroxylation sites is 3. The van der Waals surface area contributed by atoms with E-state index in [-0.39, 0.29) is 17.5 Å². The maximum absolute atomic E-state index is 13.8. The predicted molar refractivity (Wildman–Crippen MR) is 125 cm³/mol. The lowest BCUT2D eigenvalue weighted by atomic mass is 9.97. The number of carbonyl (C=O) groups is 1. The van der Waals surface area contributed by atoms with Crippen molar-refractivity contribution in [2.75, 3.05) is 21.7 Å². The van der Waals surface area contributed by atoms with Crippen molar-refractivity contribution in [2.45, 2.75) is 38.9 Å². The van der Waals surface area contributed by atoms with Crippen molar-refractivity contribution < 1.29 is 4.79 Å². The number of benzene rings is 3. The summed E-state index contributed by atoms with van der Waals surface area (Å²) in [6.45, 7) is 7.66. The highest BCUT2D eigenvalue weighted by Gasteiger charge is 2.35. The molecular weight excluding hydrogens is 370 g/mol. The van der Waals surface area contributed by atoms with Crippen LogP contribution >= 0.6 is 0 Å². The van der Waals surface area contributed by atoms with Gasteiger partial charge >= 0.3 is 0 Å². The summed E-state index contributed by atoms with van der Waals surface area (Å²) in [5.74, 6) is 0.0950. The topological polar surface area (TPSA) is 35.6 Å². The summed E-state index contributed by atoms with van der Waals surface area (Å²) in [5.41, 5.74) is 4.05. The summed E-state index contributed by atoms with van der Waals surface area (Å²) in [5, 5.41) is 3.59. The minimum Gasteiger partial charge on any atom is -0.377 e. The molecule has 1 aliphatic rings. The van der Waals surface area contributed by atoms with Gasteiger partial charge in [-0.1, -0.05) is 60.7 Å². The Bertz CT molecular complexity index is 1000. The first-order chi connectivity index (χ1) is 14.4. The molecule has 0 fully saturated rings. The van der Waals surface area contributed by atoms with Crippen LogP contribution in [0.2, 0.25) is 0 Å². The van der Waals surface area contributed by atoms with Gasteiger partial charge in [-0.05, 0) is 50.6 Å². The maximum atomic E-state index is 13.8. The number of hydrogen-bond acceptors (Lipinski definition) is 3. The van der Waals surface area contributed by atoms with Gasteiger partial charge < -0.3 is 15.1 Å². The Morgan fingerprint density at radius 3 is 2.27 bits per heavy atom. The molecule has 0 saturated heterocycles. The zero-order valence-electron chi connectivity index (χ0n) is 17.9. The lowest BCUT2D eigenvalue weighted by Gasteiger charge is -2.45. The van der Waals surface area contributed by atoms with Gasteiger partial charge in [0.1, 0.15) is 6.04 Å². The van der Waals surface area contributed by atoms with E-state index in [0.717, 1.165) is 29.2 Å². The number of fused-ring (bicyclic) bond motifs is 1. The van der Waals surface area contributed by atoms with E-state index in [9.17, 15) is 4.79 Å². The van der Waals surface area contributed by atoms with Gasteiger partial charge in [0.2, 0.25) is 5.91 Å². The molecule has 3 aromatic rings. The first-order valence-electron chi connectivity index (χ1n) is 10.5. The van der Waals surface area contributed by atoms with Crippen LogP contribution in [0, 0.1) is 0 Å². The van der Waals surface area contributed by atoms with Gasteiger partial charge in [-0.25, -0.2) is 0 Å². The molecule has 1 amide bonds. The Balaban J connectivity index is 1.67. The van der Waals surface area contributed by atoms with E-state index >= 15 is 0 Å². The van der Waals surface area contributed by atoms with Crippen molar-refractivity contribution in [3.05, 3.63) is 90.5 Å². The highest BCUT2D eigenvalue weighted by molar-refractivity contribution is 5.99. The molecule has 154 valence electrons. The lowest BCUT2D eigenvalue weighted by molar-refractivity contribution is -0.119. The number of rotatable bonds is 5. The number of nitrogens with zero attached hydrogens (tertiary/aromatic N) is 2. The van der Waals surface area contributed by atoms with Crippen LogP contribution < -0.4 is 15.1 Å². The highest BCUT2D eigenvalue weighted by atomic mass is 16.2. The zero-order chi connectivity index (χ0) is 21.1. The summed E-state index contributed by atoms with van der Waals surface area (Å²) in [4.78, 5) is 18.0. The third-order valence-corrected chi connectivity index (χ3v) is 5.59. The molecule has 1 N–H and O–H groups in total. The number of amides is 1. The molecule has 0 bridgehead atoms. The molecule has 0 aliphatic carbocycles. The van der Waals surface area contributed by atoms with Gasteiger partial charge in [0.05, 0.1) is 17.9 Å². The van der Waals surface area contributed by atoms with E-state index in [0.29, 0.717) is 6.54 Å². The van der Waals surface area contributed by atoms with Gasteiger partial charge in [0.15, 0.2) is 0 Å². The Kier molecular flexibility index (Phi) is 5.49. The summed E-state index contributed by atoms with van der Waals surface area (Å²) in [7, 11) is 0. The lowest BCUT2D eigenvalue weighted by Crippen LogP contribution is -2.56. The van der Waals surface area contributed by atoms with Crippen LogP contribution in [0.5, 0.6) is 0 Å². The van der Waals surface area contributed by atoms with Crippen LogP contribution in [0.25, 0.3) is 0 Å². The molecule has 1 heterocycles. The predicted octanol–water partition coefficient (Wildman–Crippen LogP) is 5.32. The van der Waals surface area contributed by atoms with Crippen LogP contribution in [-0.4, -0.2) is 24.0 Å². The van der Waals surface area contributed by atoms with Crippen LogP contribution in [0.3, 0.4) is 0 Å². The fourth-order valence-electron chi connectivity index (χ4n) is 4.12. The SMILES string of the molecule is CC(C(=O)N(Cc1ccccc1)c1ccccc1)N1CC(C)(C)Nc2ccccc21. The second kappa shape index (κ2) is 8.23. The Morgan fingerprint density at radius 2 is 1.57 bits per heavy atom. The molecule has 4 heteroatoms. The molecule has 0 aromatic heterocycles. The molecule has 0 saturated carbocycles. The van der Waals surface area contributed by atoms with E-state index in [1.807, 2.05) is 72.5 Å². The second-order valence-corrected chi connectivity index (χ2v) is 8.58. The van der Waals surface area contributed by atoms with E-state index in [4.69, 9.17) is 0 Å². The number of nitrogens with one attached hydrogen (secondary N) is 1. The fourth-order valence-corrected chi connectivity index (χ4v) is 4.12. The van der Waals surface area contributed by atoms with Crippen molar-refractivity contribution in [3.63, 3.8) is 0 Å². The van der Waals surface area contributed by atoms with Crippen LogP contribution in [-0.2, 0) is 11.3 Å². The van der Waals surface area contributed by atoms with Crippen LogP contribution in [0.15, 0.2) is 84.9 Å². The molecule has 0 spiro atoms. The minimum atomic E-state index is -0.295. The van der Waals surface area contributed by atoms with Crippen molar-refractivity contribution in [1.82, 2.24) is 0 Å². The standard InChI is InChI=1S/C26H29N3O/c1-20(29-19-26(2,3)27-23-16-10-11-17-24(23)29)25(30)28(22-14-8-5-9-15-22)18-21-12-6-4-7-13-21/h4-17,20,27H,18-19H2,1-3H3. The first-order valence-corrected chi connectivity index (χ1v) is 10.5. The molecule has 30 heavy (non-hydrogen) atoms.